The van der Waals surface area contributed by atoms with Gasteiger partial charge in [0.05, 0.1) is 54.6 Å². The molecule has 8 rings (SSSR count). The molecule has 3 amide bonds. The molecule has 2 aliphatic carbocycles. The van der Waals surface area contributed by atoms with Crippen LogP contribution in [0.2, 0.25) is 0 Å². The molecule has 1 aliphatic heterocycles. The van der Waals surface area contributed by atoms with Crippen molar-refractivity contribution in [2.45, 2.75) is 69.7 Å². The number of H-pyrrole nitrogens is 2. The van der Waals surface area contributed by atoms with Crippen LogP contribution in [-0.2, 0) is 25.6 Å². The van der Waals surface area contributed by atoms with Gasteiger partial charge >= 0.3 is 6.09 Å². The third-order valence-corrected chi connectivity index (χ3v) is 11.9. The second kappa shape index (κ2) is 16.1. The lowest BCUT2D eigenvalue weighted by atomic mass is 9.78. The maximum Gasteiger partial charge on any atom is 0.407 e. The van der Waals surface area contributed by atoms with Gasteiger partial charge in [-0.3, -0.25) is 19.6 Å². The number of hydrogen-bond acceptors (Lipinski definition) is 9. The highest BCUT2D eigenvalue weighted by molar-refractivity contribution is 5.87. The Labute approximate surface area is 325 Å². The highest BCUT2D eigenvalue weighted by Gasteiger charge is 2.52. The molecule has 3 aliphatic rings. The average molecular weight is 758 g/mol. The van der Waals surface area contributed by atoms with Gasteiger partial charge < -0.3 is 35.0 Å². The number of hydrogen-bond donors (Lipinski definition) is 4. The van der Waals surface area contributed by atoms with Gasteiger partial charge in [0, 0.05) is 55.8 Å². The quantitative estimate of drug-likeness (QED) is 0.123. The standard InChI is InChI=1S/C42H47N9O5/c1-24(55-2)37(50-42(54)56-3)41(53)51-17-5-7-34(51)38-45-23-33(48-38)30-14-15-31(44-21-30)26-8-10-27(11-9-26)32-22-46-39(49-32)35-28-12-13-29(18-28)36(35)40(52)47-20-25-6-4-16-43-19-25/h4,6,8-11,14-16,19,21-24,28-29,34-37H,5,7,12-13,17-18,20H2,1-3H3,(H,45,48)(H,46,49)(H,47,52)(H,50,54)/t24-,28?,29?,34+,35?,36?,37+/m1/s1. The van der Waals surface area contributed by atoms with Gasteiger partial charge in [0.2, 0.25) is 11.8 Å². The van der Waals surface area contributed by atoms with Crippen molar-refractivity contribution < 1.29 is 23.9 Å². The number of methoxy groups -OCH3 is 2. The molecule has 7 atom stereocenters. The van der Waals surface area contributed by atoms with Crippen molar-refractivity contribution >= 4 is 17.9 Å². The number of rotatable bonds is 12. The van der Waals surface area contributed by atoms with Gasteiger partial charge in [-0.15, -0.1) is 0 Å². The maximum atomic E-state index is 13.6. The summed E-state index contributed by atoms with van der Waals surface area (Å²) in [5, 5.41) is 5.79. The number of imidazole rings is 2. The Kier molecular flexibility index (Phi) is 10.6. The van der Waals surface area contributed by atoms with Crippen LogP contribution in [-0.4, -0.2) is 85.6 Å². The van der Waals surface area contributed by atoms with E-state index in [4.69, 9.17) is 19.4 Å². The van der Waals surface area contributed by atoms with Crippen molar-refractivity contribution in [1.82, 2.24) is 45.4 Å². The zero-order valence-corrected chi connectivity index (χ0v) is 31.8. The molecule has 4 N–H and O–H groups in total. The first kappa shape index (κ1) is 37.1. The number of carbonyl (C=O) groups is 3. The molecule has 1 saturated heterocycles. The molecule has 0 spiro atoms. The fraction of sp³-hybridized carbons (Fsp3) is 0.405. The first-order valence-electron chi connectivity index (χ1n) is 19.3. The number of aromatic amines is 2. The normalized spacial score (nSPS) is 22.5. The van der Waals surface area contributed by atoms with E-state index in [2.05, 4.69) is 54.8 Å². The number of ether oxygens (including phenoxy) is 2. The minimum absolute atomic E-state index is 0.0799. The van der Waals surface area contributed by atoms with Crippen molar-refractivity contribution in [3.8, 4) is 33.8 Å². The number of carbonyl (C=O) groups excluding carboxylic acids is 3. The van der Waals surface area contributed by atoms with E-state index < -0.39 is 18.2 Å². The van der Waals surface area contributed by atoms with Crippen LogP contribution < -0.4 is 10.6 Å². The number of alkyl carbamates (subject to hydrolysis) is 1. The summed E-state index contributed by atoms with van der Waals surface area (Å²) in [4.78, 5) is 66.2. The lowest BCUT2D eigenvalue weighted by Crippen LogP contribution is -2.54. The number of likely N-dealkylation sites (tertiary alicyclic amines) is 1. The molecule has 5 aromatic rings. The molecule has 2 bridgehead atoms. The summed E-state index contributed by atoms with van der Waals surface area (Å²) in [7, 11) is 2.76. The highest BCUT2D eigenvalue weighted by atomic mass is 16.5. The molecule has 14 nitrogen and oxygen atoms in total. The first-order chi connectivity index (χ1) is 27.3. The molecule has 4 aromatic heterocycles. The Morgan fingerprint density at radius 2 is 1.59 bits per heavy atom. The summed E-state index contributed by atoms with van der Waals surface area (Å²) in [5.41, 5.74) is 6.40. The van der Waals surface area contributed by atoms with Gasteiger partial charge in [-0.05, 0) is 80.2 Å². The largest absolute Gasteiger partial charge is 0.453 e. The minimum atomic E-state index is -0.895. The molecule has 56 heavy (non-hydrogen) atoms. The molecule has 290 valence electrons. The van der Waals surface area contributed by atoms with Crippen LogP contribution in [0, 0.1) is 17.8 Å². The van der Waals surface area contributed by atoms with Crippen molar-refractivity contribution in [3.63, 3.8) is 0 Å². The van der Waals surface area contributed by atoms with Gasteiger partial charge in [-0.1, -0.05) is 30.3 Å². The van der Waals surface area contributed by atoms with Crippen LogP contribution in [0.25, 0.3) is 33.8 Å². The van der Waals surface area contributed by atoms with E-state index in [-0.39, 0.29) is 29.7 Å². The molecule has 4 unspecified atom stereocenters. The predicted octanol–water partition coefficient (Wildman–Crippen LogP) is 5.79. The van der Waals surface area contributed by atoms with Crippen molar-refractivity contribution in [1.29, 1.82) is 0 Å². The lowest BCUT2D eigenvalue weighted by molar-refractivity contribution is -0.137. The van der Waals surface area contributed by atoms with Gasteiger partial charge in [0.1, 0.15) is 17.7 Å². The Balaban J connectivity index is 0.918. The molecule has 0 radical (unpaired) electrons. The second-order valence-electron chi connectivity index (χ2n) is 15.1. The first-order valence-corrected chi connectivity index (χ1v) is 19.3. The number of nitrogens with one attached hydrogen (secondary N) is 4. The van der Waals surface area contributed by atoms with E-state index in [9.17, 15) is 14.4 Å². The highest BCUT2D eigenvalue weighted by Crippen LogP contribution is 2.56. The van der Waals surface area contributed by atoms with Crippen LogP contribution in [0.5, 0.6) is 0 Å². The van der Waals surface area contributed by atoms with Gasteiger partial charge in [0.15, 0.2) is 0 Å². The number of benzene rings is 1. The fourth-order valence-corrected chi connectivity index (χ4v) is 8.92. The van der Waals surface area contributed by atoms with E-state index in [1.807, 2.05) is 36.7 Å². The smallest absolute Gasteiger partial charge is 0.407 e. The summed E-state index contributed by atoms with van der Waals surface area (Å²) < 4.78 is 10.1. The summed E-state index contributed by atoms with van der Waals surface area (Å²) in [6.45, 7) is 2.75. The molecular formula is C42H47N9O5. The molecule has 1 aromatic carbocycles. The second-order valence-corrected chi connectivity index (χ2v) is 15.1. The topological polar surface area (TPSA) is 180 Å². The van der Waals surface area contributed by atoms with E-state index >= 15 is 0 Å². The molecule has 2 saturated carbocycles. The monoisotopic (exact) mass is 757 g/mol. The van der Waals surface area contributed by atoms with Crippen molar-refractivity contribution in [2.24, 2.45) is 17.8 Å². The summed E-state index contributed by atoms with van der Waals surface area (Å²) in [6, 6.07) is 14.9. The summed E-state index contributed by atoms with van der Waals surface area (Å²) >= 11 is 0. The van der Waals surface area contributed by atoms with Crippen molar-refractivity contribution in [3.05, 3.63) is 96.7 Å². The van der Waals surface area contributed by atoms with E-state index in [0.29, 0.717) is 30.7 Å². The minimum Gasteiger partial charge on any atom is -0.453 e. The van der Waals surface area contributed by atoms with Crippen LogP contribution in [0.3, 0.4) is 0 Å². The third kappa shape index (κ3) is 7.40. The third-order valence-electron chi connectivity index (χ3n) is 11.9. The Bertz CT molecular complexity index is 2150. The van der Waals surface area contributed by atoms with Crippen molar-refractivity contribution in [2.75, 3.05) is 20.8 Å². The Morgan fingerprint density at radius 1 is 0.857 bits per heavy atom. The number of amides is 3. The van der Waals surface area contributed by atoms with Gasteiger partial charge in [-0.2, -0.15) is 0 Å². The van der Waals surface area contributed by atoms with E-state index in [1.165, 1.54) is 14.2 Å². The predicted molar refractivity (Wildman–Crippen MR) is 207 cm³/mol. The molecular weight excluding hydrogens is 711 g/mol. The summed E-state index contributed by atoms with van der Waals surface area (Å²) in [5.74, 6) is 2.26. The number of nitrogens with zero attached hydrogens (tertiary/aromatic N) is 5. The Hall–Kier alpha value is -5.89. The van der Waals surface area contributed by atoms with Gasteiger partial charge in [-0.25, -0.2) is 14.8 Å². The molecule has 14 heteroatoms. The number of aromatic nitrogens is 6. The zero-order valence-electron chi connectivity index (χ0n) is 31.8. The number of fused-ring (bicyclic) bond motifs is 2. The summed E-state index contributed by atoms with van der Waals surface area (Å²) in [6.07, 6.45) is 12.6. The van der Waals surface area contributed by atoms with Gasteiger partial charge in [0.25, 0.3) is 0 Å². The molecule has 5 heterocycles. The fourth-order valence-electron chi connectivity index (χ4n) is 8.92. The zero-order chi connectivity index (χ0) is 38.8. The van der Waals surface area contributed by atoms with E-state index in [1.54, 1.807) is 30.4 Å². The SMILES string of the molecule is COC(=O)N[C@H](C(=O)N1CCC[C@H]1c1ncc(-c2ccc(-c3ccc(-c4cnc(C5C6CCC(C6)C5C(=O)NCc5cccnc5)[nH]4)cc3)nc2)[nH]1)[C@@H](C)OC. The van der Waals surface area contributed by atoms with Crippen LogP contribution >= 0.6 is 0 Å². The van der Waals surface area contributed by atoms with E-state index in [0.717, 1.165) is 77.3 Å². The van der Waals surface area contributed by atoms with Crippen LogP contribution in [0.15, 0.2) is 79.5 Å². The average Bonchev–Trinajstić information content (AvgIpc) is 4.10. The lowest BCUT2D eigenvalue weighted by Gasteiger charge is -2.30. The number of pyridine rings is 2. The Morgan fingerprint density at radius 3 is 2.32 bits per heavy atom. The van der Waals surface area contributed by atoms with Crippen LogP contribution in [0.4, 0.5) is 4.79 Å². The maximum absolute atomic E-state index is 13.6. The molecule has 3 fully saturated rings. The van der Waals surface area contributed by atoms with Crippen LogP contribution in [0.1, 0.15) is 68.2 Å².